The van der Waals surface area contributed by atoms with E-state index in [2.05, 4.69) is 19.9 Å². The van der Waals surface area contributed by atoms with Crippen molar-refractivity contribution in [2.75, 3.05) is 6.26 Å². The first-order valence-electron chi connectivity index (χ1n) is 3.33. The average molecular weight is 235 g/mol. The molecule has 13 heavy (non-hydrogen) atoms. The van der Waals surface area contributed by atoms with Crippen molar-refractivity contribution in [1.82, 2.24) is 19.9 Å². The number of H-pyrrole nitrogens is 1. The van der Waals surface area contributed by atoms with E-state index in [4.69, 9.17) is 23.2 Å². The van der Waals surface area contributed by atoms with E-state index in [1.165, 1.54) is 11.8 Å². The molecular formula is C6H4Cl2N4S. The van der Waals surface area contributed by atoms with E-state index in [-0.39, 0.29) is 5.28 Å². The molecule has 0 saturated carbocycles. The Kier molecular flexibility index (Phi) is 2.31. The van der Waals surface area contributed by atoms with Gasteiger partial charge in [-0.15, -0.1) is 0 Å². The van der Waals surface area contributed by atoms with Crippen molar-refractivity contribution < 1.29 is 0 Å². The van der Waals surface area contributed by atoms with Crippen molar-refractivity contribution in [2.24, 2.45) is 0 Å². The zero-order chi connectivity index (χ0) is 9.42. The topological polar surface area (TPSA) is 54.5 Å². The molecule has 0 aliphatic carbocycles. The molecule has 0 fully saturated rings. The van der Waals surface area contributed by atoms with Crippen LogP contribution in [0.1, 0.15) is 0 Å². The lowest BCUT2D eigenvalue weighted by Gasteiger charge is -1.95. The summed E-state index contributed by atoms with van der Waals surface area (Å²) in [4.78, 5) is 14.8. The normalized spacial score (nSPS) is 11.0. The molecule has 0 amide bonds. The van der Waals surface area contributed by atoms with Gasteiger partial charge in [-0.2, -0.15) is 4.98 Å². The van der Waals surface area contributed by atoms with E-state index in [0.29, 0.717) is 21.5 Å². The third kappa shape index (κ3) is 1.59. The van der Waals surface area contributed by atoms with Crippen molar-refractivity contribution in [1.29, 1.82) is 0 Å². The van der Waals surface area contributed by atoms with E-state index >= 15 is 0 Å². The highest BCUT2D eigenvalue weighted by atomic mass is 35.5. The summed E-state index contributed by atoms with van der Waals surface area (Å²) in [6.45, 7) is 0. The number of nitrogens with zero attached hydrogens (tertiary/aromatic N) is 3. The van der Waals surface area contributed by atoms with Gasteiger partial charge in [0.2, 0.25) is 5.28 Å². The van der Waals surface area contributed by atoms with Crippen molar-refractivity contribution in [2.45, 2.75) is 5.16 Å². The number of aromatic amines is 1. The maximum absolute atomic E-state index is 5.86. The van der Waals surface area contributed by atoms with E-state index < -0.39 is 0 Å². The Balaban J connectivity index is 2.75. The van der Waals surface area contributed by atoms with E-state index in [0.717, 1.165) is 0 Å². The number of hydrogen-bond acceptors (Lipinski definition) is 4. The molecule has 0 unspecified atom stereocenters. The highest BCUT2D eigenvalue weighted by molar-refractivity contribution is 7.98. The Hall–Kier alpha value is -0.520. The quantitative estimate of drug-likeness (QED) is 0.357. The Morgan fingerprint density at radius 1 is 1.23 bits per heavy atom. The second-order valence-electron chi connectivity index (χ2n) is 2.23. The van der Waals surface area contributed by atoms with E-state index in [1.54, 1.807) is 0 Å². The minimum atomic E-state index is 0.268. The van der Waals surface area contributed by atoms with Gasteiger partial charge in [0.15, 0.2) is 16.0 Å². The van der Waals surface area contributed by atoms with Gasteiger partial charge in [-0.3, -0.25) is 0 Å². The highest BCUT2D eigenvalue weighted by Crippen LogP contribution is 2.22. The lowest BCUT2D eigenvalue weighted by atomic mass is 10.6. The minimum absolute atomic E-state index is 0.268. The Labute approximate surface area is 88.1 Å². The molecule has 68 valence electrons. The average Bonchev–Trinajstić information content (AvgIpc) is 2.46. The summed E-state index contributed by atoms with van der Waals surface area (Å²) in [6.07, 6.45) is 1.87. The van der Waals surface area contributed by atoms with Gasteiger partial charge in [-0.1, -0.05) is 23.4 Å². The number of halogens is 2. The fourth-order valence-corrected chi connectivity index (χ4v) is 1.70. The first-order chi connectivity index (χ1) is 6.20. The minimum Gasteiger partial charge on any atom is -0.325 e. The predicted octanol–water partition coefficient (Wildman–Crippen LogP) is 2.38. The zero-order valence-corrected chi connectivity index (χ0v) is 8.83. The largest absolute Gasteiger partial charge is 0.325 e. The van der Waals surface area contributed by atoms with Crippen LogP contribution in [0.3, 0.4) is 0 Å². The molecule has 1 N–H and O–H groups in total. The maximum atomic E-state index is 5.86. The smallest absolute Gasteiger partial charge is 0.202 e. The van der Waals surface area contributed by atoms with Crippen LogP contribution < -0.4 is 0 Å². The third-order valence-corrected chi connectivity index (χ3v) is 2.44. The SMILES string of the molecule is CSc1nc(Cl)c2[nH]c(Cl)nc2n1. The molecule has 0 spiro atoms. The van der Waals surface area contributed by atoms with Crippen LogP contribution in [0.15, 0.2) is 5.16 Å². The van der Waals surface area contributed by atoms with E-state index in [1.807, 2.05) is 6.26 Å². The second kappa shape index (κ2) is 3.32. The molecule has 2 heterocycles. The van der Waals surface area contributed by atoms with Gasteiger partial charge in [0.25, 0.3) is 0 Å². The fourth-order valence-electron chi connectivity index (χ4n) is 0.907. The molecule has 4 nitrogen and oxygen atoms in total. The number of aromatic nitrogens is 4. The fraction of sp³-hybridized carbons (Fsp3) is 0.167. The van der Waals surface area contributed by atoms with Crippen LogP contribution in [0, 0.1) is 0 Å². The van der Waals surface area contributed by atoms with Crippen LogP contribution in [-0.4, -0.2) is 26.2 Å². The maximum Gasteiger partial charge on any atom is 0.202 e. The molecular weight excluding hydrogens is 231 g/mol. The van der Waals surface area contributed by atoms with Crippen LogP contribution in [-0.2, 0) is 0 Å². The lowest BCUT2D eigenvalue weighted by molar-refractivity contribution is 0.998. The first kappa shape index (κ1) is 9.05. The van der Waals surface area contributed by atoms with Gasteiger partial charge in [0.05, 0.1) is 0 Å². The molecule has 2 rings (SSSR count). The second-order valence-corrected chi connectivity index (χ2v) is 3.72. The Morgan fingerprint density at radius 2 is 2.00 bits per heavy atom. The third-order valence-electron chi connectivity index (χ3n) is 1.44. The van der Waals surface area contributed by atoms with Crippen LogP contribution in [0.5, 0.6) is 0 Å². The molecule has 7 heteroatoms. The number of imidazole rings is 1. The van der Waals surface area contributed by atoms with Crippen molar-refractivity contribution in [3.05, 3.63) is 10.4 Å². The van der Waals surface area contributed by atoms with Crippen LogP contribution >= 0.6 is 35.0 Å². The first-order valence-corrected chi connectivity index (χ1v) is 5.31. The van der Waals surface area contributed by atoms with Crippen LogP contribution in [0.4, 0.5) is 0 Å². The summed E-state index contributed by atoms with van der Waals surface area (Å²) in [5.74, 6) is 0. The van der Waals surface area contributed by atoms with Crippen molar-refractivity contribution in [3.63, 3.8) is 0 Å². The number of rotatable bonds is 1. The zero-order valence-electron chi connectivity index (χ0n) is 6.51. The molecule has 0 bridgehead atoms. The standard InChI is InChI=1S/C6H4Cl2N4S/c1-13-6-10-3(7)2-4(12-6)11-5(8)9-2/h1H3,(H,9,10,11,12). The molecule has 0 aliphatic rings. The van der Waals surface area contributed by atoms with Gasteiger partial charge in [0, 0.05) is 0 Å². The predicted molar refractivity (Wildman–Crippen MR) is 53.5 cm³/mol. The molecule has 0 radical (unpaired) electrons. The summed E-state index contributed by atoms with van der Waals surface area (Å²) < 4.78 is 0. The summed E-state index contributed by atoms with van der Waals surface area (Å²) >= 11 is 12.9. The Bertz CT molecular complexity index is 455. The summed E-state index contributed by atoms with van der Waals surface area (Å²) in [5.41, 5.74) is 1.07. The number of thioether (sulfide) groups is 1. The lowest BCUT2D eigenvalue weighted by Crippen LogP contribution is -1.87. The molecule has 0 atom stereocenters. The van der Waals surface area contributed by atoms with Gasteiger partial charge < -0.3 is 4.98 Å². The number of hydrogen-bond donors (Lipinski definition) is 1. The van der Waals surface area contributed by atoms with Gasteiger partial charge in [-0.25, -0.2) is 9.97 Å². The Morgan fingerprint density at radius 3 is 2.69 bits per heavy atom. The molecule has 0 aliphatic heterocycles. The molecule has 2 aromatic heterocycles. The van der Waals surface area contributed by atoms with Crippen LogP contribution in [0.25, 0.3) is 11.2 Å². The molecule has 2 aromatic rings. The van der Waals surface area contributed by atoms with Crippen molar-refractivity contribution >= 4 is 46.1 Å². The summed E-state index contributed by atoms with van der Waals surface area (Å²) in [5, 5.41) is 1.19. The highest BCUT2D eigenvalue weighted by Gasteiger charge is 2.09. The summed E-state index contributed by atoms with van der Waals surface area (Å²) in [6, 6.07) is 0. The molecule has 0 saturated heterocycles. The monoisotopic (exact) mass is 234 g/mol. The molecule has 0 aromatic carbocycles. The van der Waals surface area contributed by atoms with Gasteiger partial charge in [-0.05, 0) is 17.9 Å². The number of nitrogens with one attached hydrogen (secondary N) is 1. The summed E-state index contributed by atoms with van der Waals surface area (Å²) in [7, 11) is 0. The van der Waals surface area contributed by atoms with Crippen molar-refractivity contribution in [3.8, 4) is 0 Å². The number of fused-ring (bicyclic) bond motifs is 1. The van der Waals surface area contributed by atoms with Crippen LogP contribution in [0.2, 0.25) is 10.4 Å². The van der Waals surface area contributed by atoms with E-state index in [9.17, 15) is 0 Å². The van der Waals surface area contributed by atoms with Gasteiger partial charge >= 0.3 is 0 Å². The van der Waals surface area contributed by atoms with Gasteiger partial charge in [0.1, 0.15) is 5.52 Å².